The van der Waals surface area contributed by atoms with E-state index < -0.39 is 0 Å². The van der Waals surface area contributed by atoms with Gasteiger partial charge in [-0.2, -0.15) is 0 Å². The summed E-state index contributed by atoms with van der Waals surface area (Å²) in [4.78, 5) is 14.5. The number of hydrogen-bond acceptors (Lipinski definition) is 4. The number of likely N-dealkylation sites (tertiary alicyclic amines) is 1. The van der Waals surface area contributed by atoms with Crippen molar-refractivity contribution in [1.82, 2.24) is 4.90 Å². The first-order valence-corrected chi connectivity index (χ1v) is 7.48. The highest BCUT2D eigenvalue weighted by Crippen LogP contribution is 2.24. The molecule has 0 spiro atoms. The molecule has 1 fully saturated rings. The molecule has 2 unspecified atom stereocenters. The smallest absolute Gasteiger partial charge is 0.241 e. The maximum Gasteiger partial charge on any atom is 0.241 e. The number of nitrogens with two attached hydrogens (primary N) is 1. The molecular weight excluding hydrogens is 290 g/mol. The number of nitrogen functional groups attached to an aromatic ring is 1. The van der Waals surface area contributed by atoms with E-state index in [0.29, 0.717) is 22.3 Å². The highest BCUT2D eigenvalue weighted by molar-refractivity contribution is 6.31. The molecule has 0 aromatic heterocycles. The first kappa shape index (κ1) is 16.1. The molecule has 1 aromatic carbocycles. The Balaban J connectivity index is 1.95. The van der Waals surface area contributed by atoms with Crippen molar-refractivity contribution < 1.29 is 9.53 Å². The zero-order valence-corrected chi connectivity index (χ0v) is 13.2. The second-order valence-electron chi connectivity index (χ2n) is 5.50. The molecule has 1 aliphatic heterocycles. The third-order valence-corrected chi connectivity index (χ3v) is 4.16. The zero-order chi connectivity index (χ0) is 15.4. The van der Waals surface area contributed by atoms with Crippen molar-refractivity contribution in [3.63, 3.8) is 0 Å². The number of anilines is 2. The van der Waals surface area contributed by atoms with Gasteiger partial charge in [0.05, 0.1) is 24.0 Å². The molecule has 21 heavy (non-hydrogen) atoms. The largest absolute Gasteiger partial charge is 0.397 e. The number of hydrogen-bond donors (Lipinski definition) is 2. The van der Waals surface area contributed by atoms with Gasteiger partial charge >= 0.3 is 0 Å². The van der Waals surface area contributed by atoms with Crippen LogP contribution < -0.4 is 11.1 Å². The highest BCUT2D eigenvalue weighted by Gasteiger charge is 2.29. The van der Waals surface area contributed by atoms with E-state index in [9.17, 15) is 4.79 Å². The summed E-state index contributed by atoms with van der Waals surface area (Å²) in [5.41, 5.74) is 6.92. The SMILES string of the molecule is COCC1CCN(C(C)C(=O)Nc2cc(Cl)ccc2N)C1. The van der Waals surface area contributed by atoms with Crippen LogP contribution in [0, 0.1) is 5.92 Å². The van der Waals surface area contributed by atoms with Gasteiger partial charge in [-0.1, -0.05) is 11.6 Å². The van der Waals surface area contributed by atoms with Crippen molar-refractivity contribution in [2.24, 2.45) is 5.92 Å². The average molecular weight is 312 g/mol. The minimum Gasteiger partial charge on any atom is -0.397 e. The maximum atomic E-state index is 12.3. The predicted octanol–water partition coefficient (Wildman–Crippen LogP) is 2.22. The van der Waals surface area contributed by atoms with Crippen LogP contribution in [-0.4, -0.2) is 43.7 Å². The number of ether oxygens (including phenoxy) is 1. The number of carbonyl (C=O) groups excluding carboxylic acids is 1. The van der Waals surface area contributed by atoms with E-state index in [0.717, 1.165) is 26.1 Å². The van der Waals surface area contributed by atoms with Crippen LogP contribution in [0.5, 0.6) is 0 Å². The molecule has 1 amide bonds. The summed E-state index contributed by atoms with van der Waals surface area (Å²) < 4.78 is 5.18. The van der Waals surface area contributed by atoms with Gasteiger partial charge in [-0.05, 0) is 44.0 Å². The van der Waals surface area contributed by atoms with Crippen LogP contribution in [0.3, 0.4) is 0 Å². The van der Waals surface area contributed by atoms with Crippen molar-refractivity contribution in [3.8, 4) is 0 Å². The van der Waals surface area contributed by atoms with Gasteiger partial charge < -0.3 is 15.8 Å². The lowest BCUT2D eigenvalue weighted by Crippen LogP contribution is -2.41. The van der Waals surface area contributed by atoms with Gasteiger partial charge in [-0.15, -0.1) is 0 Å². The van der Waals surface area contributed by atoms with Gasteiger partial charge in [0.2, 0.25) is 5.91 Å². The quantitative estimate of drug-likeness (QED) is 0.818. The molecule has 1 aliphatic rings. The Morgan fingerprint density at radius 2 is 2.38 bits per heavy atom. The monoisotopic (exact) mass is 311 g/mol. The van der Waals surface area contributed by atoms with E-state index in [-0.39, 0.29) is 11.9 Å². The summed E-state index contributed by atoms with van der Waals surface area (Å²) in [5.74, 6) is 0.434. The van der Waals surface area contributed by atoms with E-state index >= 15 is 0 Å². The van der Waals surface area contributed by atoms with E-state index in [1.54, 1.807) is 25.3 Å². The van der Waals surface area contributed by atoms with Crippen LogP contribution in [0.4, 0.5) is 11.4 Å². The predicted molar refractivity (Wildman–Crippen MR) is 85.5 cm³/mol. The number of methoxy groups -OCH3 is 1. The van der Waals surface area contributed by atoms with Crippen molar-refractivity contribution in [2.75, 3.05) is 37.9 Å². The number of benzene rings is 1. The topological polar surface area (TPSA) is 67.6 Å². The third-order valence-electron chi connectivity index (χ3n) is 3.92. The third kappa shape index (κ3) is 4.09. The first-order valence-electron chi connectivity index (χ1n) is 7.10. The van der Waals surface area contributed by atoms with E-state index in [2.05, 4.69) is 10.2 Å². The fraction of sp³-hybridized carbons (Fsp3) is 0.533. The Hall–Kier alpha value is -1.30. The first-order chi connectivity index (χ1) is 10.0. The minimum atomic E-state index is -0.203. The van der Waals surface area contributed by atoms with Gasteiger partial charge in [0.25, 0.3) is 0 Å². The second kappa shape index (κ2) is 7.11. The molecule has 1 aromatic rings. The van der Waals surface area contributed by atoms with E-state index in [1.807, 2.05) is 6.92 Å². The molecule has 0 radical (unpaired) electrons. The molecule has 0 saturated carbocycles. The lowest BCUT2D eigenvalue weighted by atomic mass is 10.1. The molecule has 0 aliphatic carbocycles. The standard InChI is InChI=1S/C15H22ClN3O2/c1-10(19-6-5-11(8-19)9-21-2)15(20)18-14-7-12(16)3-4-13(14)17/h3-4,7,10-11H,5-6,8-9,17H2,1-2H3,(H,18,20). The molecule has 5 nitrogen and oxygen atoms in total. The molecular formula is C15H22ClN3O2. The maximum absolute atomic E-state index is 12.3. The fourth-order valence-corrected chi connectivity index (χ4v) is 2.80. The molecule has 1 saturated heterocycles. The average Bonchev–Trinajstić information content (AvgIpc) is 2.91. The number of amides is 1. The van der Waals surface area contributed by atoms with Crippen molar-refractivity contribution in [3.05, 3.63) is 23.2 Å². The van der Waals surface area contributed by atoms with Crippen molar-refractivity contribution in [2.45, 2.75) is 19.4 Å². The number of carbonyl (C=O) groups is 1. The summed E-state index contributed by atoms with van der Waals surface area (Å²) >= 11 is 5.93. The number of rotatable bonds is 5. The molecule has 6 heteroatoms. The highest BCUT2D eigenvalue weighted by atomic mass is 35.5. The Labute approximate surface area is 130 Å². The summed E-state index contributed by atoms with van der Waals surface area (Å²) in [6.07, 6.45) is 1.06. The molecule has 2 rings (SSSR count). The van der Waals surface area contributed by atoms with E-state index in [4.69, 9.17) is 22.1 Å². The van der Waals surface area contributed by atoms with Crippen LogP contribution in [0.15, 0.2) is 18.2 Å². The number of nitrogens with one attached hydrogen (secondary N) is 1. The molecule has 2 atom stereocenters. The lowest BCUT2D eigenvalue weighted by Gasteiger charge is -2.23. The molecule has 116 valence electrons. The summed E-state index contributed by atoms with van der Waals surface area (Å²) in [5, 5.41) is 3.40. The van der Waals surface area contributed by atoms with Crippen LogP contribution in [0.2, 0.25) is 5.02 Å². The lowest BCUT2D eigenvalue weighted by molar-refractivity contribution is -0.120. The fourth-order valence-electron chi connectivity index (χ4n) is 2.63. The van der Waals surface area contributed by atoms with Crippen LogP contribution in [0.25, 0.3) is 0 Å². The summed E-state index contributed by atoms with van der Waals surface area (Å²) in [6.45, 7) is 4.44. The Kier molecular flexibility index (Phi) is 5.45. The molecule has 1 heterocycles. The van der Waals surface area contributed by atoms with Gasteiger partial charge in [0.1, 0.15) is 0 Å². The number of nitrogens with zero attached hydrogens (tertiary/aromatic N) is 1. The van der Waals surface area contributed by atoms with Crippen LogP contribution in [0.1, 0.15) is 13.3 Å². The normalized spacial score (nSPS) is 20.4. The second-order valence-corrected chi connectivity index (χ2v) is 5.94. The van der Waals surface area contributed by atoms with Gasteiger partial charge in [-0.3, -0.25) is 9.69 Å². The minimum absolute atomic E-state index is 0.0676. The van der Waals surface area contributed by atoms with Crippen LogP contribution in [-0.2, 0) is 9.53 Å². The van der Waals surface area contributed by atoms with E-state index in [1.165, 1.54) is 0 Å². The Morgan fingerprint density at radius 3 is 3.10 bits per heavy atom. The Bertz CT molecular complexity index is 510. The molecule has 3 N–H and O–H groups in total. The Morgan fingerprint density at radius 1 is 1.62 bits per heavy atom. The van der Waals surface area contributed by atoms with Gasteiger partial charge in [0, 0.05) is 18.7 Å². The van der Waals surface area contributed by atoms with Gasteiger partial charge in [-0.25, -0.2) is 0 Å². The number of halogens is 1. The molecule has 0 bridgehead atoms. The van der Waals surface area contributed by atoms with Crippen LogP contribution >= 0.6 is 11.6 Å². The zero-order valence-electron chi connectivity index (χ0n) is 12.4. The van der Waals surface area contributed by atoms with Crippen molar-refractivity contribution in [1.29, 1.82) is 0 Å². The van der Waals surface area contributed by atoms with Gasteiger partial charge in [0.15, 0.2) is 0 Å². The van der Waals surface area contributed by atoms with Crippen molar-refractivity contribution >= 4 is 28.9 Å². The summed E-state index contributed by atoms with van der Waals surface area (Å²) in [7, 11) is 1.71. The summed E-state index contributed by atoms with van der Waals surface area (Å²) in [6, 6.07) is 4.85.